The molecule has 144 valence electrons. The van der Waals surface area contributed by atoms with E-state index in [1.54, 1.807) is 30.2 Å². The second-order valence-electron chi connectivity index (χ2n) is 6.14. The zero-order valence-electron chi connectivity index (χ0n) is 16.0. The third-order valence-electron chi connectivity index (χ3n) is 4.20. The number of nitrogens with one attached hydrogen (secondary N) is 1. The van der Waals surface area contributed by atoms with Gasteiger partial charge in [-0.05, 0) is 30.5 Å². The normalized spacial score (nSPS) is 10.2. The molecule has 6 nitrogen and oxygen atoms in total. The molecule has 2 amide bonds. The van der Waals surface area contributed by atoms with Crippen molar-refractivity contribution in [1.29, 1.82) is 0 Å². The number of rotatable bonds is 9. The minimum Gasteiger partial charge on any atom is -0.497 e. The number of methoxy groups -OCH3 is 2. The van der Waals surface area contributed by atoms with Gasteiger partial charge in [0.05, 0.1) is 26.5 Å². The molecule has 0 saturated carbocycles. The van der Waals surface area contributed by atoms with Gasteiger partial charge in [-0.15, -0.1) is 0 Å². The Morgan fingerprint density at radius 3 is 2.41 bits per heavy atom. The lowest BCUT2D eigenvalue weighted by molar-refractivity contribution is -0.132. The molecule has 2 aromatic carbocycles. The van der Waals surface area contributed by atoms with Crippen LogP contribution in [0.4, 0.5) is 5.69 Å². The number of anilines is 1. The second kappa shape index (κ2) is 10.2. The minimum atomic E-state index is -0.281. The first-order chi connectivity index (χ1) is 13.0. The molecule has 6 heteroatoms. The van der Waals surface area contributed by atoms with Gasteiger partial charge in [-0.1, -0.05) is 30.3 Å². The molecule has 0 bridgehead atoms. The zero-order valence-corrected chi connectivity index (χ0v) is 16.0. The van der Waals surface area contributed by atoms with E-state index in [-0.39, 0.29) is 18.4 Å². The van der Waals surface area contributed by atoms with Crippen LogP contribution in [0.1, 0.15) is 18.9 Å². The van der Waals surface area contributed by atoms with Gasteiger partial charge in [-0.3, -0.25) is 9.59 Å². The van der Waals surface area contributed by atoms with E-state index in [0.717, 1.165) is 12.8 Å². The van der Waals surface area contributed by atoms with Crippen LogP contribution in [0.25, 0.3) is 0 Å². The number of amides is 2. The number of aryl methyl sites for hydroxylation is 1. The summed E-state index contributed by atoms with van der Waals surface area (Å²) < 4.78 is 10.4. The summed E-state index contributed by atoms with van der Waals surface area (Å²) in [6, 6.07) is 15.2. The Bertz CT molecular complexity index is 762. The van der Waals surface area contributed by atoms with Crippen molar-refractivity contribution in [3.63, 3.8) is 0 Å². The van der Waals surface area contributed by atoms with Crippen LogP contribution in [0.3, 0.4) is 0 Å². The number of carbonyl (C=O) groups is 2. The lowest BCUT2D eigenvalue weighted by Gasteiger charge is -2.21. The van der Waals surface area contributed by atoms with Gasteiger partial charge in [-0.2, -0.15) is 0 Å². The third-order valence-corrected chi connectivity index (χ3v) is 4.20. The Balaban J connectivity index is 1.93. The average Bonchev–Trinajstić information content (AvgIpc) is 2.67. The molecule has 0 aromatic heterocycles. The van der Waals surface area contributed by atoms with Gasteiger partial charge in [0.2, 0.25) is 11.8 Å². The van der Waals surface area contributed by atoms with Crippen molar-refractivity contribution in [3.05, 3.63) is 54.1 Å². The first-order valence-electron chi connectivity index (χ1n) is 8.84. The molecule has 0 heterocycles. The number of carbonyl (C=O) groups excluding carboxylic acids is 2. The van der Waals surface area contributed by atoms with Crippen molar-refractivity contribution in [2.45, 2.75) is 19.8 Å². The average molecular weight is 370 g/mol. The van der Waals surface area contributed by atoms with Crippen LogP contribution in [0, 0.1) is 0 Å². The highest BCUT2D eigenvalue weighted by Crippen LogP contribution is 2.28. The standard InChI is InChI=1S/C21H26N2O4/c1-16(24)23(13-7-10-17-8-5-4-6-9-17)15-21(25)22-19-14-18(26-2)11-12-20(19)27-3/h4-6,8-9,11-12,14H,7,10,13,15H2,1-3H3,(H,22,25). The van der Waals surface area contributed by atoms with Gasteiger partial charge >= 0.3 is 0 Å². The monoisotopic (exact) mass is 370 g/mol. The number of nitrogens with zero attached hydrogens (tertiary/aromatic N) is 1. The summed E-state index contributed by atoms with van der Waals surface area (Å²) >= 11 is 0. The van der Waals surface area contributed by atoms with E-state index in [9.17, 15) is 9.59 Å². The number of hydrogen-bond acceptors (Lipinski definition) is 4. The van der Waals surface area contributed by atoms with E-state index in [2.05, 4.69) is 17.4 Å². The van der Waals surface area contributed by atoms with Crippen molar-refractivity contribution in [2.24, 2.45) is 0 Å². The smallest absolute Gasteiger partial charge is 0.244 e. The Morgan fingerprint density at radius 1 is 1.04 bits per heavy atom. The van der Waals surface area contributed by atoms with Crippen molar-refractivity contribution in [3.8, 4) is 11.5 Å². The summed E-state index contributed by atoms with van der Waals surface area (Å²) in [6.07, 6.45) is 1.65. The SMILES string of the molecule is COc1ccc(OC)c(NC(=O)CN(CCCc2ccccc2)C(C)=O)c1. The maximum absolute atomic E-state index is 12.4. The van der Waals surface area contributed by atoms with Crippen LogP contribution < -0.4 is 14.8 Å². The number of hydrogen-bond donors (Lipinski definition) is 1. The van der Waals surface area contributed by atoms with E-state index >= 15 is 0 Å². The molecular formula is C21H26N2O4. The van der Waals surface area contributed by atoms with E-state index in [0.29, 0.717) is 23.7 Å². The summed E-state index contributed by atoms with van der Waals surface area (Å²) in [5.41, 5.74) is 1.72. The van der Waals surface area contributed by atoms with Gasteiger partial charge in [0, 0.05) is 19.5 Å². The molecular weight excluding hydrogens is 344 g/mol. The number of ether oxygens (including phenoxy) is 2. The highest BCUT2D eigenvalue weighted by molar-refractivity contribution is 5.95. The molecule has 0 fully saturated rings. The lowest BCUT2D eigenvalue weighted by Crippen LogP contribution is -2.37. The molecule has 2 rings (SSSR count). The predicted molar refractivity (Wildman–Crippen MR) is 105 cm³/mol. The summed E-state index contributed by atoms with van der Waals surface area (Å²) in [5, 5.41) is 2.79. The van der Waals surface area contributed by atoms with Crippen LogP contribution in [0.5, 0.6) is 11.5 Å². The zero-order chi connectivity index (χ0) is 19.6. The van der Waals surface area contributed by atoms with Crippen LogP contribution in [0.15, 0.2) is 48.5 Å². The second-order valence-corrected chi connectivity index (χ2v) is 6.14. The van der Waals surface area contributed by atoms with Crippen LogP contribution in [0.2, 0.25) is 0 Å². The first-order valence-corrected chi connectivity index (χ1v) is 8.84. The van der Waals surface area contributed by atoms with Crippen LogP contribution in [-0.4, -0.2) is 44.0 Å². The van der Waals surface area contributed by atoms with E-state index in [4.69, 9.17) is 9.47 Å². The summed E-state index contributed by atoms with van der Waals surface area (Å²) in [6.45, 7) is 1.99. The van der Waals surface area contributed by atoms with Crippen LogP contribution >= 0.6 is 0 Å². The van der Waals surface area contributed by atoms with Crippen molar-refractivity contribution < 1.29 is 19.1 Å². The molecule has 27 heavy (non-hydrogen) atoms. The van der Waals surface area contributed by atoms with Crippen molar-refractivity contribution >= 4 is 17.5 Å². The molecule has 0 radical (unpaired) electrons. The highest BCUT2D eigenvalue weighted by Gasteiger charge is 2.15. The van der Waals surface area contributed by atoms with E-state index in [1.807, 2.05) is 18.2 Å². The minimum absolute atomic E-state index is 0.00944. The molecule has 2 aromatic rings. The maximum Gasteiger partial charge on any atom is 0.244 e. The number of benzene rings is 2. The predicted octanol–water partition coefficient (Wildman–Crippen LogP) is 3.12. The Hall–Kier alpha value is -3.02. The quantitative estimate of drug-likeness (QED) is 0.736. The fraction of sp³-hybridized carbons (Fsp3) is 0.333. The maximum atomic E-state index is 12.4. The Kier molecular flexibility index (Phi) is 7.67. The van der Waals surface area contributed by atoms with Gasteiger partial charge < -0.3 is 19.7 Å². The molecule has 0 aliphatic rings. The molecule has 0 atom stereocenters. The van der Waals surface area contributed by atoms with Gasteiger partial charge in [-0.25, -0.2) is 0 Å². The van der Waals surface area contributed by atoms with Gasteiger partial charge in [0.1, 0.15) is 11.5 Å². The molecule has 1 N–H and O–H groups in total. The molecule has 0 aliphatic heterocycles. The van der Waals surface area contributed by atoms with Crippen molar-refractivity contribution in [1.82, 2.24) is 4.90 Å². The van der Waals surface area contributed by atoms with E-state index < -0.39 is 0 Å². The highest BCUT2D eigenvalue weighted by atomic mass is 16.5. The summed E-state index contributed by atoms with van der Waals surface area (Å²) in [5.74, 6) is 0.729. The fourth-order valence-corrected chi connectivity index (χ4v) is 2.74. The Labute approximate surface area is 160 Å². The van der Waals surface area contributed by atoms with Crippen molar-refractivity contribution in [2.75, 3.05) is 32.6 Å². The largest absolute Gasteiger partial charge is 0.497 e. The first kappa shape index (κ1) is 20.3. The van der Waals surface area contributed by atoms with Gasteiger partial charge in [0.15, 0.2) is 0 Å². The summed E-state index contributed by atoms with van der Waals surface area (Å²) in [4.78, 5) is 25.9. The topological polar surface area (TPSA) is 67.9 Å². The molecule has 0 aliphatic carbocycles. The third kappa shape index (κ3) is 6.33. The summed E-state index contributed by atoms with van der Waals surface area (Å²) in [7, 11) is 3.08. The Morgan fingerprint density at radius 2 is 1.78 bits per heavy atom. The molecule has 0 saturated heterocycles. The van der Waals surface area contributed by atoms with Gasteiger partial charge in [0.25, 0.3) is 0 Å². The molecule has 0 spiro atoms. The fourth-order valence-electron chi connectivity index (χ4n) is 2.74. The van der Waals surface area contributed by atoms with Crippen LogP contribution in [-0.2, 0) is 16.0 Å². The van der Waals surface area contributed by atoms with E-state index in [1.165, 1.54) is 19.6 Å². The molecule has 0 unspecified atom stereocenters. The lowest BCUT2D eigenvalue weighted by atomic mass is 10.1.